The summed E-state index contributed by atoms with van der Waals surface area (Å²) in [5, 5.41) is 15.1. The number of ether oxygens (including phenoxy) is 1. The van der Waals surface area contributed by atoms with Gasteiger partial charge in [0.1, 0.15) is 0 Å². The van der Waals surface area contributed by atoms with Crippen LogP contribution in [-0.4, -0.2) is 44.4 Å². The van der Waals surface area contributed by atoms with Gasteiger partial charge in [-0.1, -0.05) is 36.0 Å². The number of tetrazole rings is 1. The summed E-state index contributed by atoms with van der Waals surface area (Å²) in [6.07, 6.45) is 3.02. The molecule has 1 heterocycles. The second kappa shape index (κ2) is 10.4. The molecule has 0 saturated heterocycles. The number of rotatable bonds is 8. The van der Waals surface area contributed by atoms with Crippen LogP contribution in [0.2, 0.25) is 0 Å². The maximum absolute atomic E-state index is 12.3. The lowest BCUT2D eigenvalue weighted by molar-refractivity contribution is -0.137. The third-order valence-corrected chi connectivity index (χ3v) is 4.83. The van der Waals surface area contributed by atoms with E-state index in [1.165, 1.54) is 17.8 Å². The number of aromatic nitrogens is 4. The number of anilines is 1. The number of hydrogen-bond acceptors (Lipinski definition) is 7. The van der Waals surface area contributed by atoms with Crippen LogP contribution in [0.25, 0.3) is 11.8 Å². The largest absolute Gasteiger partial charge is 0.463 e. The summed E-state index contributed by atoms with van der Waals surface area (Å²) in [5.41, 5.74) is 3.42. The highest BCUT2D eigenvalue weighted by molar-refractivity contribution is 7.99. The average molecular weight is 423 g/mol. The topological polar surface area (TPSA) is 99.0 Å². The number of esters is 1. The van der Waals surface area contributed by atoms with Gasteiger partial charge in [0.2, 0.25) is 11.1 Å². The fraction of sp³-hybridized carbons (Fsp3) is 0.190. The van der Waals surface area contributed by atoms with Crippen molar-refractivity contribution in [3.8, 4) is 5.69 Å². The van der Waals surface area contributed by atoms with Gasteiger partial charge >= 0.3 is 5.97 Å². The van der Waals surface area contributed by atoms with Crippen molar-refractivity contribution in [2.75, 3.05) is 17.7 Å². The summed E-state index contributed by atoms with van der Waals surface area (Å²) in [7, 11) is 0. The molecule has 3 rings (SSSR count). The SMILES string of the molecule is CCOC(=O)C=Cc1ccc(NC(=O)CSc2nnnn2-c2cccc(C)c2)cc1. The number of aryl methyl sites for hydroxylation is 1. The number of amides is 1. The molecule has 3 aromatic rings. The first kappa shape index (κ1) is 21.3. The molecule has 0 aliphatic carbocycles. The number of hydrogen-bond donors (Lipinski definition) is 1. The molecular formula is C21H21N5O3S. The molecule has 0 aliphatic heterocycles. The van der Waals surface area contributed by atoms with E-state index in [1.54, 1.807) is 41.9 Å². The van der Waals surface area contributed by atoms with Gasteiger partial charge in [0.25, 0.3) is 0 Å². The van der Waals surface area contributed by atoms with E-state index in [1.807, 2.05) is 31.2 Å². The van der Waals surface area contributed by atoms with Crippen LogP contribution in [0.15, 0.2) is 59.8 Å². The first-order valence-corrected chi connectivity index (χ1v) is 10.3. The Labute approximate surface area is 178 Å². The molecule has 9 heteroatoms. The molecule has 1 N–H and O–H groups in total. The Balaban J connectivity index is 1.54. The van der Waals surface area contributed by atoms with Crippen molar-refractivity contribution in [2.24, 2.45) is 0 Å². The van der Waals surface area contributed by atoms with E-state index in [0.29, 0.717) is 17.5 Å². The zero-order valence-corrected chi connectivity index (χ0v) is 17.4. The molecule has 0 spiro atoms. The summed E-state index contributed by atoms with van der Waals surface area (Å²) in [6.45, 7) is 4.08. The van der Waals surface area contributed by atoms with E-state index in [9.17, 15) is 9.59 Å². The van der Waals surface area contributed by atoms with Crippen LogP contribution in [0.5, 0.6) is 0 Å². The van der Waals surface area contributed by atoms with Gasteiger partial charge in [0.15, 0.2) is 0 Å². The van der Waals surface area contributed by atoms with Gasteiger partial charge in [0, 0.05) is 11.8 Å². The van der Waals surface area contributed by atoms with Crippen LogP contribution in [0.4, 0.5) is 5.69 Å². The second-order valence-corrected chi connectivity index (χ2v) is 7.20. The fourth-order valence-electron chi connectivity index (χ4n) is 2.55. The first-order valence-electron chi connectivity index (χ1n) is 9.28. The molecule has 8 nitrogen and oxygen atoms in total. The third-order valence-electron chi connectivity index (χ3n) is 3.91. The summed E-state index contributed by atoms with van der Waals surface area (Å²) in [6, 6.07) is 14.9. The molecule has 0 bridgehead atoms. The second-order valence-electron chi connectivity index (χ2n) is 6.26. The van der Waals surface area contributed by atoms with E-state index in [-0.39, 0.29) is 17.6 Å². The van der Waals surface area contributed by atoms with E-state index in [2.05, 4.69) is 20.8 Å². The summed E-state index contributed by atoms with van der Waals surface area (Å²) < 4.78 is 6.45. The highest BCUT2D eigenvalue weighted by atomic mass is 32.2. The Kier molecular flexibility index (Phi) is 7.34. The van der Waals surface area contributed by atoms with E-state index in [0.717, 1.165) is 16.8 Å². The van der Waals surface area contributed by atoms with Crippen molar-refractivity contribution in [3.05, 3.63) is 65.7 Å². The summed E-state index contributed by atoms with van der Waals surface area (Å²) in [4.78, 5) is 23.6. The number of carbonyl (C=O) groups is 2. The van der Waals surface area contributed by atoms with Crippen LogP contribution in [0.1, 0.15) is 18.1 Å². The zero-order chi connectivity index (χ0) is 21.3. The van der Waals surface area contributed by atoms with Gasteiger partial charge in [-0.05, 0) is 65.7 Å². The maximum atomic E-state index is 12.3. The fourth-order valence-corrected chi connectivity index (χ4v) is 3.24. The number of thioether (sulfide) groups is 1. The van der Waals surface area contributed by atoms with E-state index < -0.39 is 0 Å². The lowest BCUT2D eigenvalue weighted by Crippen LogP contribution is -2.14. The molecule has 0 fully saturated rings. The quantitative estimate of drug-likeness (QED) is 0.337. The van der Waals surface area contributed by atoms with Crippen LogP contribution in [-0.2, 0) is 14.3 Å². The zero-order valence-electron chi connectivity index (χ0n) is 16.6. The predicted octanol–water partition coefficient (Wildman–Crippen LogP) is 3.28. The van der Waals surface area contributed by atoms with Gasteiger partial charge in [-0.3, -0.25) is 4.79 Å². The minimum Gasteiger partial charge on any atom is -0.463 e. The minimum atomic E-state index is -0.389. The Bertz CT molecular complexity index is 1050. The van der Waals surface area contributed by atoms with Gasteiger partial charge in [-0.2, -0.15) is 4.68 Å². The molecule has 1 amide bonds. The van der Waals surface area contributed by atoms with E-state index in [4.69, 9.17) is 4.74 Å². The van der Waals surface area contributed by atoms with Gasteiger partial charge < -0.3 is 10.1 Å². The van der Waals surface area contributed by atoms with Crippen molar-refractivity contribution in [3.63, 3.8) is 0 Å². The molecule has 0 atom stereocenters. The number of nitrogens with one attached hydrogen (secondary N) is 1. The lowest BCUT2D eigenvalue weighted by Gasteiger charge is -2.06. The Morgan fingerprint density at radius 3 is 2.73 bits per heavy atom. The summed E-state index contributed by atoms with van der Waals surface area (Å²) >= 11 is 1.25. The van der Waals surface area contributed by atoms with Crippen LogP contribution < -0.4 is 5.32 Å². The number of benzene rings is 2. The van der Waals surface area contributed by atoms with Crippen molar-refractivity contribution in [1.82, 2.24) is 20.2 Å². The van der Waals surface area contributed by atoms with Crippen molar-refractivity contribution < 1.29 is 14.3 Å². The smallest absolute Gasteiger partial charge is 0.330 e. The molecule has 154 valence electrons. The molecule has 2 aromatic carbocycles. The standard InChI is InChI=1S/C21H21N5O3S/c1-3-29-20(28)12-9-16-7-10-17(11-8-16)22-19(27)14-30-21-23-24-25-26(21)18-6-4-5-15(2)13-18/h4-13H,3,14H2,1-2H3,(H,22,27). The van der Waals surface area contributed by atoms with Crippen LogP contribution in [0.3, 0.4) is 0 Å². The highest BCUT2D eigenvalue weighted by Crippen LogP contribution is 2.19. The van der Waals surface area contributed by atoms with Crippen molar-refractivity contribution in [2.45, 2.75) is 19.0 Å². The third kappa shape index (κ3) is 6.02. The Hall–Kier alpha value is -3.46. The molecule has 1 aromatic heterocycles. The molecular weight excluding hydrogens is 402 g/mol. The Morgan fingerprint density at radius 1 is 1.20 bits per heavy atom. The van der Waals surface area contributed by atoms with Crippen molar-refractivity contribution in [1.29, 1.82) is 0 Å². The highest BCUT2D eigenvalue weighted by Gasteiger charge is 2.12. The predicted molar refractivity (Wildman–Crippen MR) is 115 cm³/mol. The molecule has 0 radical (unpaired) electrons. The molecule has 30 heavy (non-hydrogen) atoms. The van der Waals surface area contributed by atoms with Crippen LogP contribution >= 0.6 is 11.8 Å². The van der Waals surface area contributed by atoms with Crippen LogP contribution in [0, 0.1) is 6.92 Å². The molecule has 0 saturated carbocycles. The maximum Gasteiger partial charge on any atom is 0.330 e. The number of carbonyl (C=O) groups excluding carboxylic acids is 2. The molecule has 0 aliphatic rings. The summed E-state index contributed by atoms with van der Waals surface area (Å²) in [5.74, 6) is -0.398. The van der Waals surface area contributed by atoms with E-state index >= 15 is 0 Å². The van der Waals surface area contributed by atoms with Crippen molar-refractivity contribution >= 4 is 35.4 Å². The van der Waals surface area contributed by atoms with Gasteiger partial charge in [-0.15, -0.1) is 5.10 Å². The lowest BCUT2D eigenvalue weighted by atomic mass is 10.2. The van der Waals surface area contributed by atoms with Gasteiger partial charge in [-0.25, -0.2) is 4.79 Å². The first-order chi connectivity index (χ1) is 14.5. The molecule has 0 unspecified atom stereocenters. The monoisotopic (exact) mass is 423 g/mol. The van der Waals surface area contributed by atoms with Gasteiger partial charge in [0.05, 0.1) is 18.0 Å². The minimum absolute atomic E-state index is 0.163. The normalized spacial score (nSPS) is 10.9. The number of nitrogens with zero attached hydrogens (tertiary/aromatic N) is 4. The average Bonchev–Trinajstić information content (AvgIpc) is 3.21. The Morgan fingerprint density at radius 2 is 2.00 bits per heavy atom.